The van der Waals surface area contributed by atoms with Crippen LogP contribution >= 0.6 is 46.4 Å². The molecular formula is C12HCl4F6N2. The Balaban J connectivity index is 2.88. The van der Waals surface area contributed by atoms with Crippen molar-refractivity contribution in [1.29, 1.82) is 0 Å². The molecule has 0 bridgehead atoms. The lowest BCUT2D eigenvalue weighted by Crippen LogP contribution is -2.12. The zero-order chi connectivity index (χ0) is 18.4. The van der Waals surface area contributed by atoms with E-state index < -0.39 is 55.1 Å². The minimum absolute atomic E-state index is 0.404. The average Bonchev–Trinajstić information content (AvgIpc) is 2.41. The topological polar surface area (TPSA) is 25.8 Å². The molecule has 2 aromatic heterocycles. The zero-order valence-electron chi connectivity index (χ0n) is 10.8. The first-order chi connectivity index (χ1) is 10.8. The van der Waals surface area contributed by atoms with Crippen LogP contribution in [0.1, 0.15) is 11.1 Å². The van der Waals surface area contributed by atoms with Crippen LogP contribution < -0.4 is 0 Å². The highest BCUT2D eigenvalue weighted by Gasteiger charge is 2.41. The van der Waals surface area contributed by atoms with Crippen LogP contribution in [0.4, 0.5) is 26.3 Å². The summed E-state index contributed by atoms with van der Waals surface area (Å²) in [4.78, 5) is 6.71. The summed E-state index contributed by atoms with van der Waals surface area (Å²) in [5.41, 5.74) is -4.91. The molecule has 24 heavy (non-hydrogen) atoms. The Morgan fingerprint density at radius 2 is 1.46 bits per heavy atom. The van der Waals surface area contributed by atoms with Crippen molar-refractivity contribution in [2.75, 3.05) is 0 Å². The normalized spacial score (nSPS) is 12.6. The molecule has 0 aliphatic rings. The second-order valence-corrected chi connectivity index (χ2v) is 5.73. The molecule has 1 radical (unpaired) electrons. The van der Waals surface area contributed by atoms with Gasteiger partial charge in [0.15, 0.2) is 0 Å². The number of aromatic nitrogens is 2. The Morgan fingerprint density at radius 1 is 0.875 bits per heavy atom. The predicted molar refractivity (Wildman–Crippen MR) is 76.3 cm³/mol. The zero-order valence-corrected chi connectivity index (χ0v) is 13.8. The Labute approximate surface area is 150 Å². The third kappa shape index (κ3) is 3.66. The molecule has 0 N–H and O–H groups in total. The smallest absolute Gasteiger partial charge is 0.234 e. The molecule has 0 fully saturated rings. The maximum atomic E-state index is 13.1. The summed E-state index contributed by atoms with van der Waals surface area (Å²) < 4.78 is 78.5. The Bertz CT molecular complexity index is 804. The highest BCUT2D eigenvalue weighted by atomic mass is 35.5. The van der Waals surface area contributed by atoms with E-state index in [-0.39, 0.29) is 0 Å². The maximum Gasteiger partial charge on any atom is 0.419 e. The fourth-order valence-corrected chi connectivity index (χ4v) is 2.69. The molecule has 0 saturated heterocycles. The van der Waals surface area contributed by atoms with Gasteiger partial charge in [-0.15, -0.1) is 0 Å². The summed E-state index contributed by atoms with van der Waals surface area (Å²) in [6, 6.07) is 0.404. The molecule has 2 rings (SSSR count). The number of rotatable bonds is 1. The van der Waals surface area contributed by atoms with Crippen LogP contribution in [0.3, 0.4) is 0 Å². The second kappa shape index (κ2) is 6.40. The van der Waals surface area contributed by atoms with Crippen LogP contribution in [-0.4, -0.2) is 9.97 Å². The molecule has 0 aliphatic heterocycles. The second-order valence-electron chi connectivity index (χ2n) is 4.23. The SMILES string of the molecule is FC(F)(F)c1cc(Cl)n[c]c1-c1nc(Cl)c(Cl)c(C(F)(F)F)c1Cl. The van der Waals surface area contributed by atoms with E-state index in [1.54, 1.807) is 0 Å². The van der Waals surface area contributed by atoms with E-state index in [0.29, 0.717) is 6.07 Å². The Morgan fingerprint density at radius 3 is 1.96 bits per heavy atom. The van der Waals surface area contributed by atoms with Crippen molar-refractivity contribution in [1.82, 2.24) is 9.97 Å². The lowest BCUT2D eigenvalue weighted by atomic mass is 10.0. The van der Waals surface area contributed by atoms with Gasteiger partial charge in [-0.2, -0.15) is 26.3 Å². The fourth-order valence-electron chi connectivity index (χ4n) is 1.73. The van der Waals surface area contributed by atoms with Crippen molar-refractivity contribution in [3.05, 3.63) is 43.7 Å². The van der Waals surface area contributed by atoms with Gasteiger partial charge in [0.05, 0.1) is 26.9 Å². The molecule has 0 spiro atoms. The lowest BCUT2D eigenvalue weighted by Gasteiger charge is -2.17. The molecule has 0 unspecified atom stereocenters. The molecule has 2 heterocycles. The molecule has 2 nitrogen and oxygen atoms in total. The van der Waals surface area contributed by atoms with E-state index in [0.717, 1.165) is 0 Å². The number of hydrogen-bond acceptors (Lipinski definition) is 2. The molecule has 12 heteroatoms. The first kappa shape index (κ1) is 19.4. The van der Waals surface area contributed by atoms with Crippen molar-refractivity contribution in [2.45, 2.75) is 12.4 Å². The third-order valence-corrected chi connectivity index (χ3v) is 3.97. The van der Waals surface area contributed by atoms with Crippen molar-refractivity contribution in [2.24, 2.45) is 0 Å². The van der Waals surface area contributed by atoms with Crippen molar-refractivity contribution < 1.29 is 26.3 Å². The Kier molecular flexibility index (Phi) is 5.17. The maximum absolute atomic E-state index is 13.1. The molecule has 0 aliphatic carbocycles. The van der Waals surface area contributed by atoms with Gasteiger partial charge in [-0.3, -0.25) is 0 Å². The van der Waals surface area contributed by atoms with Gasteiger partial charge >= 0.3 is 12.4 Å². The van der Waals surface area contributed by atoms with Gasteiger partial charge in [0.2, 0.25) is 0 Å². The third-order valence-electron chi connectivity index (χ3n) is 2.67. The van der Waals surface area contributed by atoms with Gasteiger partial charge < -0.3 is 0 Å². The van der Waals surface area contributed by atoms with E-state index in [4.69, 9.17) is 46.4 Å². The summed E-state index contributed by atoms with van der Waals surface area (Å²) in [5.74, 6) is 0. The van der Waals surface area contributed by atoms with Gasteiger partial charge in [-0.1, -0.05) is 46.4 Å². The number of alkyl halides is 6. The minimum atomic E-state index is -5.08. The number of halogens is 10. The van der Waals surface area contributed by atoms with Crippen LogP contribution in [-0.2, 0) is 12.4 Å². The minimum Gasteiger partial charge on any atom is -0.234 e. The number of hydrogen-bond donors (Lipinski definition) is 0. The average molecular weight is 429 g/mol. The van der Waals surface area contributed by atoms with E-state index in [1.807, 2.05) is 6.20 Å². The van der Waals surface area contributed by atoms with Gasteiger partial charge in [0.25, 0.3) is 0 Å². The summed E-state index contributed by atoms with van der Waals surface area (Å²) in [6.45, 7) is 0. The van der Waals surface area contributed by atoms with Crippen LogP contribution in [0, 0.1) is 6.20 Å². The van der Waals surface area contributed by atoms with Gasteiger partial charge in [0.1, 0.15) is 16.5 Å². The van der Waals surface area contributed by atoms with E-state index >= 15 is 0 Å². The Hall–Kier alpha value is -0.960. The van der Waals surface area contributed by atoms with Crippen LogP contribution in [0.5, 0.6) is 0 Å². The van der Waals surface area contributed by atoms with Crippen LogP contribution in [0.15, 0.2) is 6.07 Å². The van der Waals surface area contributed by atoms with Crippen molar-refractivity contribution in [3.8, 4) is 11.3 Å². The first-order valence-electron chi connectivity index (χ1n) is 5.61. The van der Waals surface area contributed by atoms with Gasteiger partial charge in [-0.25, -0.2) is 9.97 Å². The summed E-state index contributed by atoms with van der Waals surface area (Å²) >= 11 is 21.9. The predicted octanol–water partition coefficient (Wildman–Crippen LogP) is 6.59. The highest BCUT2D eigenvalue weighted by molar-refractivity contribution is 6.44. The largest absolute Gasteiger partial charge is 0.419 e. The van der Waals surface area contributed by atoms with Gasteiger partial charge in [-0.05, 0) is 6.07 Å². The standard InChI is InChI=1S/C12HCl4F6N2/c13-5-1-4(11(17,18)19)3(2-23-5)9-7(14)6(12(20,21)22)8(15)10(16)24-9/h1H. The van der Waals surface area contributed by atoms with Crippen molar-refractivity contribution >= 4 is 46.4 Å². The number of pyridine rings is 2. The summed E-state index contributed by atoms with van der Waals surface area (Å²) in [7, 11) is 0. The first-order valence-corrected chi connectivity index (χ1v) is 7.12. The summed E-state index contributed by atoms with van der Waals surface area (Å²) in [6.07, 6.45) is -8.18. The highest BCUT2D eigenvalue weighted by Crippen LogP contribution is 2.47. The molecular weight excluding hydrogens is 428 g/mol. The van der Waals surface area contributed by atoms with Crippen LogP contribution in [0.2, 0.25) is 20.4 Å². The lowest BCUT2D eigenvalue weighted by molar-refractivity contribution is -0.137. The fraction of sp³-hybridized carbons (Fsp3) is 0.167. The van der Waals surface area contributed by atoms with Crippen LogP contribution in [0.25, 0.3) is 11.3 Å². The molecule has 0 atom stereocenters. The quantitative estimate of drug-likeness (QED) is 0.378. The summed E-state index contributed by atoms with van der Waals surface area (Å²) in [5, 5.41) is -3.64. The number of nitrogens with zero attached hydrogens (tertiary/aromatic N) is 2. The van der Waals surface area contributed by atoms with Crippen molar-refractivity contribution in [3.63, 3.8) is 0 Å². The molecule has 0 aromatic carbocycles. The molecule has 2 aromatic rings. The molecule has 129 valence electrons. The van der Waals surface area contributed by atoms with E-state index in [9.17, 15) is 26.3 Å². The molecule has 0 amide bonds. The van der Waals surface area contributed by atoms with E-state index in [2.05, 4.69) is 9.97 Å². The monoisotopic (exact) mass is 427 g/mol. The molecule has 0 saturated carbocycles. The van der Waals surface area contributed by atoms with E-state index in [1.165, 1.54) is 0 Å². The van der Waals surface area contributed by atoms with Gasteiger partial charge in [0, 0.05) is 5.56 Å².